The van der Waals surface area contributed by atoms with Crippen molar-refractivity contribution in [3.63, 3.8) is 0 Å². The Balaban J connectivity index is 2.01. The fourth-order valence-corrected chi connectivity index (χ4v) is 3.38. The minimum Gasteiger partial charge on any atom is -0.493 e. The van der Waals surface area contributed by atoms with E-state index in [2.05, 4.69) is 11.0 Å². The Hall–Kier alpha value is -1.55. The van der Waals surface area contributed by atoms with Gasteiger partial charge in [-0.3, -0.25) is 9.69 Å². The van der Waals surface area contributed by atoms with Gasteiger partial charge in [-0.2, -0.15) is 0 Å². The van der Waals surface area contributed by atoms with E-state index in [9.17, 15) is 4.79 Å². The second-order valence-corrected chi connectivity index (χ2v) is 5.74. The number of methoxy groups -OCH3 is 2. The largest absolute Gasteiger partial charge is 0.493 e. The zero-order chi connectivity index (χ0) is 14.3. The average molecular weight is 275 g/mol. The molecule has 0 spiro atoms. The van der Waals surface area contributed by atoms with Gasteiger partial charge in [0.1, 0.15) is 5.78 Å². The van der Waals surface area contributed by atoms with E-state index >= 15 is 0 Å². The van der Waals surface area contributed by atoms with Crippen LogP contribution in [0.5, 0.6) is 11.5 Å². The summed E-state index contributed by atoms with van der Waals surface area (Å²) in [6.07, 6.45) is 1.62. The molecule has 0 aliphatic carbocycles. The predicted molar refractivity (Wildman–Crippen MR) is 76.4 cm³/mol. The third-order valence-corrected chi connectivity index (χ3v) is 4.57. The second kappa shape index (κ2) is 5.09. The lowest BCUT2D eigenvalue weighted by Gasteiger charge is -2.42. The maximum absolute atomic E-state index is 12.1. The van der Waals surface area contributed by atoms with Crippen molar-refractivity contribution in [2.75, 3.05) is 27.3 Å². The van der Waals surface area contributed by atoms with Crippen LogP contribution >= 0.6 is 0 Å². The van der Waals surface area contributed by atoms with E-state index in [0.29, 0.717) is 12.2 Å². The van der Waals surface area contributed by atoms with Crippen LogP contribution in [0.2, 0.25) is 0 Å². The van der Waals surface area contributed by atoms with Crippen molar-refractivity contribution in [2.45, 2.75) is 25.8 Å². The molecular formula is C16H21NO3. The summed E-state index contributed by atoms with van der Waals surface area (Å²) in [5.74, 6) is 2.05. The minimum atomic E-state index is 0.160. The van der Waals surface area contributed by atoms with Gasteiger partial charge >= 0.3 is 0 Å². The van der Waals surface area contributed by atoms with Crippen LogP contribution in [-0.2, 0) is 11.2 Å². The number of fused-ring (bicyclic) bond motifs is 3. The third kappa shape index (κ3) is 2.08. The van der Waals surface area contributed by atoms with Crippen molar-refractivity contribution in [3.8, 4) is 11.5 Å². The van der Waals surface area contributed by atoms with Gasteiger partial charge in [0.05, 0.1) is 14.2 Å². The van der Waals surface area contributed by atoms with Gasteiger partial charge in [0.2, 0.25) is 0 Å². The summed E-state index contributed by atoms with van der Waals surface area (Å²) in [6.45, 7) is 3.92. The summed E-state index contributed by atoms with van der Waals surface area (Å²) in [5, 5.41) is 0. The first-order chi connectivity index (χ1) is 9.63. The van der Waals surface area contributed by atoms with Gasteiger partial charge in [-0.1, -0.05) is 6.92 Å². The van der Waals surface area contributed by atoms with Gasteiger partial charge in [-0.15, -0.1) is 0 Å². The van der Waals surface area contributed by atoms with Crippen LogP contribution in [0.1, 0.15) is 30.5 Å². The Kier molecular flexibility index (Phi) is 3.42. The average Bonchev–Trinajstić information content (AvgIpc) is 2.47. The highest BCUT2D eigenvalue weighted by Crippen LogP contribution is 2.41. The van der Waals surface area contributed by atoms with Crippen molar-refractivity contribution in [1.29, 1.82) is 0 Å². The number of ether oxygens (including phenoxy) is 2. The van der Waals surface area contributed by atoms with Gasteiger partial charge in [-0.05, 0) is 29.7 Å². The van der Waals surface area contributed by atoms with Crippen molar-refractivity contribution >= 4 is 5.78 Å². The molecule has 108 valence electrons. The van der Waals surface area contributed by atoms with E-state index in [1.165, 1.54) is 11.1 Å². The Morgan fingerprint density at radius 1 is 1.20 bits per heavy atom. The molecule has 2 aliphatic heterocycles. The summed E-state index contributed by atoms with van der Waals surface area (Å²) in [7, 11) is 3.31. The number of hydrogen-bond donors (Lipinski definition) is 0. The molecule has 1 aromatic rings. The number of benzene rings is 1. The maximum atomic E-state index is 12.1. The third-order valence-electron chi connectivity index (χ3n) is 4.57. The van der Waals surface area contributed by atoms with Gasteiger partial charge in [0.15, 0.2) is 11.5 Å². The summed E-state index contributed by atoms with van der Waals surface area (Å²) in [5.41, 5.74) is 2.51. The molecule has 2 unspecified atom stereocenters. The highest BCUT2D eigenvalue weighted by Gasteiger charge is 2.36. The Labute approximate surface area is 119 Å². The molecule has 0 N–H and O–H groups in total. The van der Waals surface area contributed by atoms with Crippen molar-refractivity contribution < 1.29 is 14.3 Å². The number of carbonyl (C=O) groups excluding carboxylic acids is 1. The second-order valence-electron chi connectivity index (χ2n) is 5.74. The molecule has 4 nitrogen and oxygen atoms in total. The van der Waals surface area contributed by atoms with Gasteiger partial charge in [-0.25, -0.2) is 0 Å². The SMILES string of the molecule is COc1cc2c(cc1OC)C1CC(=O)C(C)CN1CC2. The lowest BCUT2D eigenvalue weighted by atomic mass is 9.83. The highest BCUT2D eigenvalue weighted by molar-refractivity contribution is 5.82. The highest BCUT2D eigenvalue weighted by atomic mass is 16.5. The lowest BCUT2D eigenvalue weighted by molar-refractivity contribution is -0.128. The van der Waals surface area contributed by atoms with Gasteiger partial charge in [0.25, 0.3) is 0 Å². The van der Waals surface area contributed by atoms with Crippen LogP contribution in [0, 0.1) is 5.92 Å². The molecule has 2 heterocycles. The fraction of sp³-hybridized carbons (Fsp3) is 0.562. The minimum absolute atomic E-state index is 0.160. The van der Waals surface area contributed by atoms with Crippen LogP contribution < -0.4 is 9.47 Å². The van der Waals surface area contributed by atoms with Crippen molar-refractivity contribution in [3.05, 3.63) is 23.3 Å². The summed E-state index contributed by atoms with van der Waals surface area (Å²) < 4.78 is 10.8. The molecule has 1 fully saturated rings. The normalized spacial score (nSPS) is 25.9. The number of piperidine rings is 1. The van der Waals surface area contributed by atoms with Crippen molar-refractivity contribution in [2.24, 2.45) is 5.92 Å². The smallest absolute Gasteiger partial charge is 0.161 e. The van der Waals surface area contributed by atoms with Gasteiger partial charge in [0, 0.05) is 31.5 Å². The topological polar surface area (TPSA) is 38.8 Å². The first kappa shape index (κ1) is 13.4. The van der Waals surface area contributed by atoms with Crippen LogP contribution in [-0.4, -0.2) is 38.0 Å². The molecule has 4 heteroatoms. The van der Waals surface area contributed by atoms with E-state index in [4.69, 9.17) is 9.47 Å². The van der Waals surface area contributed by atoms with E-state index in [-0.39, 0.29) is 12.0 Å². The van der Waals surface area contributed by atoms with Gasteiger partial charge < -0.3 is 9.47 Å². The summed E-state index contributed by atoms with van der Waals surface area (Å²) >= 11 is 0. The Morgan fingerprint density at radius 3 is 2.60 bits per heavy atom. The molecule has 2 atom stereocenters. The molecule has 1 saturated heterocycles. The number of carbonyl (C=O) groups is 1. The Bertz CT molecular complexity index is 541. The summed E-state index contributed by atoms with van der Waals surface area (Å²) in [6, 6.07) is 4.32. The molecule has 3 rings (SSSR count). The van der Waals surface area contributed by atoms with Crippen LogP contribution in [0.3, 0.4) is 0 Å². The lowest BCUT2D eigenvalue weighted by Crippen LogP contribution is -2.45. The molecule has 0 saturated carbocycles. The number of Topliss-reactive ketones (excluding diaryl/α,β-unsaturated/α-hetero) is 1. The summed E-state index contributed by atoms with van der Waals surface area (Å²) in [4.78, 5) is 14.5. The standard InChI is InChI=1S/C16H21NO3/c1-10-9-17-5-4-11-6-15(19-2)16(20-3)7-12(11)13(17)8-14(10)18/h6-7,10,13H,4-5,8-9H2,1-3H3. The molecule has 0 aromatic heterocycles. The first-order valence-electron chi connectivity index (χ1n) is 7.15. The molecule has 0 bridgehead atoms. The monoisotopic (exact) mass is 275 g/mol. The maximum Gasteiger partial charge on any atom is 0.161 e. The van der Waals surface area contributed by atoms with Crippen LogP contribution in [0.15, 0.2) is 12.1 Å². The predicted octanol–water partition coefficient (Wildman–Crippen LogP) is 2.21. The fourth-order valence-electron chi connectivity index (χ4n) is 3.38. The molecular weight excluding hydrogens is 254 g/mol. The zero-order valence-corrected chi connectivity index (χ0v) is 12.3. The Morgan fingerprint density at radius 2 is 1.90 bits per heavy atom. The number of nitrogens with zero attached hydrogens (tertiary/aromatic N) is 1. The molecule has 0 amide bonds. The van der Waals surface area contributed by atoms with E-state index < -0.39 is 0 Å². The zero-order valence-electron chi connectivity index (χ0n) is 12.3. The van der Waals surface area contributed by atoms with Crippen molar-refractivity contribution in [1.82, 2.24) is 4.90 Å². The number of hydrogen-bond acceptors (Lipinski definition) is 4. The van der Waals surface area contributed by atoms with Crippen LogP contribution in [0.4, 0.5) is 0 Å². The number of rotatable bonds is 2. The quantitative estimate of drug-likeness (QED) is 0.829. The molecule has 0 radical (unpaired) electrons. The molecule has 20 heavy (non-hydrogen) atoms. The van der Waals surface area contributed by atoms with E-state index in [0.717, 1.165) is 31.0 Å². The van der Waals surface area contributed by atoms with E-state index in [1.54, 1.807) is 14.2 Å². The molecule has 2 aliphatic rings. The van der Waals surface area contributed by atoms with Crippen LogP contribution in [0.25, 0.3) is 0 Å². The molecule has 1 aromatic carbocycles. The number of ketones is 1. The van der Waals surface area contributed by atoms with E-state index in [1.807, 2.05) is 13.0 Å². The first-order valence-corrected chi connectivity index (χ1v) is 7.15.